The van der Waals surface area contributed by atoms with E-state index in [0.717, 1.165) is 5.56 Å². The summed E-state index contributed by atoms with van der Waals surface area (Å²) in [7, 11) is 0. The number of carboxylic acids is 1. The van der Waals surface area contributed by atoms with Crippen LogP contribution < -0.4 is 4.74 Å². The summed E-state index contributed by atoms with van der Waals surface area (Å²) >= 11 is 0. The molecule has 0 saturated heterocycles. The van der Waals surface area contributed by atoms with E-state index in [-0.39, 0.29) is 19.1 Å². The summed E-state index contributed by atoms with van der Waals surface area (Å²) in [5.41, 5.74) is 0.471. The summed E-state index contributed by atoms with van der Waals surface area (Å²) in [6.45, 7) is 6.80. The van der Waals surface area contributed by atoms with Crippen LogP contribution in [0.1, 0.15) is 26.3 Å². The number of hydrogen-bond donors (Lipinski definition) is 1. The molecule has 1 amide bonds. The minimum Gasteiger partial charge on any atom is -0.484 e. The average molecular weight is 279 g/mol. The molecule has 0 fully saturated rings. The summed E-state index contributed by atoms with van der Waals surface area (Å²) in [6.07, 6.45) is 0. The third-order valence-corrected chi connectivity index (χ3v) is 2.76. The Kier molecular flexibility index (Phi) is 5.13. The fraction of sp³-hybridized carbons (Fsp3) is 0.467. The average Bonchev–Trinajstić information content (AvgIpc) is 2.31. The molecule has 0 saturated carbocycles. The molecule has 110 valence electrons. The molecule has 0 aliphatic heterocycles. The van der Waals surface area contributed by atoms with E-state index in [9.17, 15) is 9.59 Å². The van der Waals surface area contributed by atoms with Gasteiger partial charge in [-0.3, -0.25) is 9.59 Å². The lowest BCUT2D eigenvalue weighted by Crippen LogP contribution is -2.50. The van der Waals surface area contributed by atoms with E-state index < -0.39 is 11.5 Å². The molecule has 0 aliphatic carbocycles. The molecule has 5 nitrogen and oxygen atoms in total. The first kappa shape index (κ1) is 16.0. The minimum absolute atomic E-state index is 0.173. The lowest BCUT2D eigenvalue weighted by atomic mass is 10.1. The maximum Gasteiger partial charge on any atom is 0.323 e. The van der Waals surface area contributed by atoms with Gasteiger partial charge in [-0.2, -0.15) is 0 Å². The van der Waals surface area contributed by atoms with Crippen molar-refractivity contribution in [3.63, 3.8) is 0 Å². The molecule has 0 radical (unpaired) electrons. The second kappa shape index (κ2) is 6.41. The Morgan fingerprint density at radius 2 is 1.95 bits per heavy atom. The number of benzene rings is 1. The van der Waals surface area contributed by atoms with Crippen LogP contribution >= 0.6 is 0 Å². The number of aliphatic carboxylic acids is 1. The van der Waals surface area contributed by atoms with Gasteiger partial charge in [-0.05, 0) is 45.4 Å². The normalized spacial score (nSPS) is 11.0. The molecular weight excluding hydrogens is 258 g/mol. The van der Waals surface area contributed by atoms with Crippen molar-refractivity contribution in [2.45, 2.75) is 33.2 Å². The van der Waals surface area contributed by atoms with Gasteiger partial charge in [-0.15, -0.1) is 0 Å². The first-order valence-corrected chi connectivity index (χ1v) is 6.42. The molecule has 20 heavy (non-hydrogen) atoms. The van der Waals surface area contributed by atoms with Gasteiger partial charge in [0, 0.05) is 5.54 Å². The van der Waals surface area contributed by atoms with Gasteiger partial charge in [0.1, 0.15) is 12.3 Å². The number of ether oxygens (including phenoxy) is 1. The standard InChI is InChI=1S/C15H21NO4/c1-11-6-5-7-12(8-11)20-10-13(17)16(9-14(18)19)15(2,3)4/h5-8H,9-10H2,1-4H3,(H,18,19). The van der Waals surface area contributed by atoms with Gasteiger partial charge in [-0.1, -0.05) is 12.1 Å². The Balaban J connectivity index is 2.69. The first-order chi connectivity index (χ1) is 9.20. The van der Waals surface area contributed by atoms with E-state index in [1.165, 1.54) is 4.90 Å². The molecule has 1 N–H and O–H groups in total. The predicted molar refractivity (Wildman–Crippen MR) is 75.8 cm³/mol. The van der Waals surface area contributed by atoms with Crippen molar-refractivity contribution < 1.29 is 19.4 Å². The largest absolute Gasteiger partial charge is 0.484 e. The maximum atomic E-state index is 12.1. The van der Waals surface area contributed by atoms with E-state index in [2.05, 4.69) is 0 Å². The van der Waals surface area contributed by atoms with Gasteiger partial charge in [0.25, 0.3) is 5.91 Å². The van der Waals surface area contributed by atoms with E-state index in [1.54, 1.807) is 26.8 Å². The Morgan fingerprint density at radius 1 is 1.30 bits per heavy atom. The highest BCUT2D eigenvalue weighted by Gasteiger charge is 2.28. The fourth-order valence-electron chi connectivity index (χ4n) is 1.76. The number of nitrogens with zero attached hydrogens (tertiary/aromatic N) is 1. The summed E-state index contributed by atoms with van der Waals surface area (Å²) in [6, 6.07) is 7.36. The number of amides is 1. The summed E-state index contributed by atoms with van der Waals surface area (Å²) in [5.74, 6) is -0.784. The molecule has 0 atom stereocenters. The second-order valence-electron chi connectivity index (χ2n) is 5.65. The zero-order valence-electron chi connectivity index (χ0n) is 12.3. The number of aryl methyl sites for hydroxylation is 1. The number of carbonyl (C=O) groups is 2. The SMILES string of the molecule is Cc1cccc(OCC(=O)N(CC(=O)O)C(C)(C)C)c1. The van der Waals surface area contributed by atoms with Crippen LogP contribution in [0, 0.1) is 6.92 Å². The van der Waals surface area contributed by atoms with Gasteiger partial charge in [-0.25, -0.2) is 0 Å². The Labute approximate surface area is 119 Å². The van der Waals surface area contributed by atoms with Crippen LogP contribution in [-0.2, 0) is 9.59 Å². The Hall–Kier alpha value is -2.04. The maximum absolute atomic E-state index is 12.1. The van der Waals surface area contributed by atoms with Crippen LogP contribution in [0.3, 0.4) is 0 Å². The van der Waals surface area contributed by atoms with Crippen molar-refractivity contribution in [2.75, 3.05) is 13.2 Å². The molecule has 0 spiro atoms. The van der Waals surface area contributed by atoms with Crippen LogP contribution in [-0.4, -0.2) is 40.6 Å². The van der Waals surface area contributed by atoms with Gasteiger partial charge < -0.3 is 14.7 Å². The predicted octanol–water partition coefficient (Wildman–Crippen LogP) is 2.09. The smallest absolute Gasteiger partial charge is 0.323 e. The third kappa shape index (κ3) is 4.91. The number of rotatable bonds is 5. The number of carbonyl (C=O) groups excluding carboxylic acids is 1. The molecule has 5 heteroatoms. The van der Waals surface area contributed by atoms with Gasteiger partial charge in [0.05, 0.1) is 0 Å². The second-order valence-corrected chi connectivity index (χ2v) is 5.65. The van der Waals surface area contributed by atoms with Crippen molar-refractivity contribution in [3.05, 3.63) is 29.8 Å². The quantitative estimate of drug-likeness (QED) is 0.896. The molecule has 0 unspecified atom stereocenters. The lowest BCUT2D eigenvalue weighted by molar-refractivity contribution is -0.149. The zero-order chi connectivity index (χ0) is 15.3. The van der Waals surface area contributed by atoms with Crippen LogP contribution in [0.5, 0.6) is 5.75 Å². The Bertz CT molecular complexity index is 491. The molecule has 0 bridgehead atoms. The fourth-order valence-corrected chi connectivity index (χ4v) is 1.76. The summed E-state index contributed by atoms with van der Waals surface area (Å²) in [4.78, 5) is 24.3. The first-order valence-electron chi connectivity index (χ1n) is 6.42. The highest BCUT2D eigenvalue weighted by atomic mass is 16.5. The third-order valence-electron chi connectivity index (χ3n) is 2.76. The van der Waals surface area contributed by atoms with Crippen molar-refractivity contribution in [1.82, 2.24) is 4.90 Å². The van der Waals surface area contributed by atoms with Crippen molar-refractivity contribution in [3.8, 4) is 5.75 Å². The van der Waals surface area contributed by atoms with E-state index in [1.807, 2.05) is 25.1 Å². The molecule has 0 heterocycles. The van der Waals surface area contributed by atoms with Crippen molar-refractivity contribution in [2.24, 2.45) is 0 Å². The van der Waals surface area contributed by atoms with Gasteiger partial charge >= 0.3 is 5.97 Å². The molecular formula is C15H21NO4. The van der Waals surface area contributed by atoms with Gasteiger partial charge in [0.15, 0.2) is 6.61 Å². The van der Waals surface area contributed by atoms with Crippen LogP contribution in [0.2, 0.25) is 0 Å². The monoisotopic (exact) mass is 279 g/mol. The summed E-state index contributed by atoms with van der Waals surface area (Å²) < 4.78 is 5.42. The zero-order valence-corrected chi connectivity index (χ0v) is 12.3. The minimum atomic E-state index is -1.04. The highest BCUT2D eigenvalue weighted by molar-refractivity contribution is 5.83. The number of carboxylic acid groups (broad SMARTS) is 1. The highest BCUT2D eigenvalue weighted by Crippen LogP contribution is 2.15. The van der Waals surface area contributed by atoms with Crippen molar-refractivity contribution >= 4 is 11.9 Å². The molecule has 1 rings (SSSR count). The summed E-state index contributed by atoms with van der Waals surface area (Å²) in [5, 5.41) is 8.88. The van der Waals surface area contributed by atoms with Crippen molar-refractivity contribution in [1.29, 1.82) is 0 Å². The Morgan fingerprint density at radius 3 is 2.45 bits per heavy atom. The van der Waals surface area contributed by atoms with E-state index >= 15 is 0 Å². The molecule has 0 aromatic heterocycles. The topological polar surface area (TPSA) is 66.8 Å². The lowest BCUT2D eigenvalue weighted by Gasteiger charge is -2.34. The van der Waals surface area contributed by atoms with Gasteiger partial charge in [0.2, 0.25) is 0 Å². The van der Waals surface area contributed by atoms with Crippen LogP contribution in [0.4, 0.5) is 0 Å². The van der Waals surface area contributed by atoms with Crippen LogP contribution in [0.25, 0.3) is 0 Å². The van der Waals surface area contributed by atoms with E-state index in [4.69, 9.17) is 9.84 Å². The van der Waals surface area contributed by atoms with E-state index in [0.29, 0.717) is 5.75 Å². The molecule has 1 aromatic carbocycles. The van der Waals surface area contributed by atoms with Crippen LogP contribution in [0.15, 0.2) is 24.3 Å². The molecule has 0 aliphatic rings. The molecule has 1 aromatic rings. The number of hydrogen-bond acceptors (Lipinski definition) is 3.